The van der Waals surface area contributed by atoms with Crippen LogP contribution in [0.15, 0.2) is 30.3 Å². The van der Waals surface area contributed by atoms with E-state index in [0.29, 0.717) is 65.7 Å². The molecule has 0 aliphatic carbocycles. The lowest BCUT2D eigenvalue weighted by atomic mass is 10.00. The number of aliphatic carboxylic acids is 1. The minimum atomic E-state index is -0.919. The van der Waals surface area contributed by atoms with Gasteiger partial charge in [0.2, 0.25) is 0 Å². The molecule has 6 nitrogen and oxygen atoms in total. The molecule has 0 unspecified atom stereocenters. The lowest BCUT2D eigenvalue weighted by Crippen LogP contribution is -2.08. The van der Waals surface area contributed by atoms with Gasteiger partial charge in [-0.3, -0.25) is 9.59 Å². The van der Waals surface area contributed by atoms with E-state index >= 15 is 0 Å². The van der Waals surface area contributed by atoms with Crippen molar-refractivity contribution in [3.8, 4) is 17.2 Å². The van der Waals surface area contributed by atoms with E-state index in [0.717, 1.165) is 6.42 Å². The van der Waals surface area contributed by atoms with Gasteiger partial charge in [-0.25, -0.2) is 0 Å². The Bertz CT molecular complexity index is 894. The van der Waals surface area contributed by atoms with E-state index < -0.39 is 5.97 Å². The number of ketones is 1. The number of phenols is 1. The predicted molar refractivity (Wildman–Crippen MR) is 115 cm³/mol. The Morgan fingerprint density at radius 3 is 2.30 bits per heavy atom. The van der Waals surface area contributed by atoms with Crippen molar-refractivity contribution in [1.82, 2.24) is 0 Å². The molecule has 0 fully saturated rings. The van der Waals surface area contributed by atoms with E-state index in [1.54, 1.807) is 37.3 Å². The smallest absolute Gasteiger partial charge is 0.307 e. The van der Waals surface area contributed by atoms with Crippen LogP contribution in [0.5, 0.6) is 17.2 Å². The topological polar surface area (TPSA) is 93.1 Å². The van der Waals surface area contributed by atoms with Crippen LogP contribution in [0.2, 0.25) is 5.02 Å². The SMILES string of the molecule is CCCc1c(OCCCOc2ccc(CC(=O)O)cc2Cl)ccc(C(=O)CC)c1O. The first-order valence-electron chi connectivity index (χ1n) is 10.0. The highest BCUT2D eigenvalue weighted by atomic mass is 35.5. The number of carbonyl (C=O) groups is 2. The fraction of sp³-hybridized carbons (Fsp3) is 0.391. The normalized spacial score (nSPS) is 10.6. The van der Waals surface area contributed by atoms with Crippen LogP contribution in [0.25, 0.3) is 0 Å². The summed E-state index contributed by atoms with van der Waals surface area (Å²) in [7, 11) is 0. The maximum absolute atomic E-state index is 12.0. The second kappa shape index (κ2) is 11.5. The zero-order chi connectivity index (χ0) is 22.1. The molecule has 2 rings (SSSR count). The lowest BCUT2D eigenvalue weighted by Gasteiger charge is -2.15. The summed E-state index contributed by atoms with van der Waals surface area (Å²) in [5, 5.41) is 19.7. The van der Waals surface area contributed by atoms with Crippen molar-refractivity contribution in [2.75, 3.05) is 13.2 Å². The molecular formula is C23H27ClO6. The number of rotatable bonds is 12. The first kappa shape index (κ1) is 23.5. The number of aromatic hydroxyl groups is 1. The molecule has 0 aliphatic heterocycles. The molecule has 0 aliphatic rings. The molecule has 0 atom stereocenters. The lowest BCUT2D eigenvalue weighted by molar-refractivity contribution is -0.136. The standard InChI is InChI=1S/C23H27ClO6/c1-3-6-17-20(10-8-16(23(17)28)19(25)4-2)29-11-5-12-30-21-9-7-15(13-18(21)24)14-22(26)27/h7-10,13,28H,3-6,11-12,14H2,1-2H3,(H,26,27). The van der Waals surface area contributed by atoms with Crippen molar-refractivity contribution < 1.29 is 29.3 Å². The van der Waals surface area contributed by atoms with Crippen LogP contribution in [0, 0.1) is 0 Å². The van der Waals surface area contributed by atoms with E-state index in [1.807, 2.05) is 6.92 Å². The summed E-state index contributed by atoms with van der Waals surface area (Å²) >= 11 is 6.14. The van der Waals surface area contributed by atoms with Crippen LogP contribution in [0.3, 0.4) is 0 Å². The number of hydrogen-bond acceptors (Lipinski definition) is 5. The van der Waals surface area contributed by atoms with Gasteiger partial charge in [0.1, 0.15) is 17.2 Å². The van der Waals surface area contributed by atoms with Crippen molar-refractivity contribution in [2.24, 2.45) is 0 Å². The molecule has 0 amide bonds. The average molecular weight is 435 g/mol. The zero-order valence-corrected chi connectivity index (χ0v) is 18.0. The van der Waals surface area contributed by atoms with Crippen molar-refractivity contribution in [3.63, 3.8) is 0 Å². The van der Waals surface area contributed by atoms with Gasteiger partial charge in [0, 0.05) is 18.4 Å². The number of Topliss-reactive ketones (excluding diaryl/α,β-unsaturated/α-hetero) is 1. The summed E-state index contributed by atoms with van der Waals surface area (Å²) in [6.07, 6.45) is 2.24. The first-order chi connectivity index (χ1) is 14.4. The minimum Gasteiger partial charge on any atom is -0.507 e. The molecule has 0 aromatic heterocycles. The fourth-order valence-corrected chi connectivity index (χ4v) is 3.29. The molecule has 0 bridgehead atoms. The van der Waals surface area contributed by atoms with Gasteiger partial charge in [-0.15, -0.1) is 0 Å². The Balaban J connectivity index is 1.92. The van der Waals surface area contributed by atoms with Crippen molar-refractivity contribution in [2.45, 2.75) is 46.0 Å². The molecule has 0 heterocycles. The van der Waals surface area contributed by atoms with Gasteiger partial charge in [-0.2, -0.15) is 0 Å². The molecule has 2 N–H and O–H groups in total. The number of halogens is 1. The Morgan fingerprint density at radius 2 is 1.70 bits per heavy atom. The van der Waals surface area contributed by atoms with Crippen molar-refractivity contribution >= 4 is 23.4 Å². The molecule has 0 radical (unpaired) electrons. The molecule has 162 valence electrons. The summed E-state index contributed by atoms with van der Waals surface area (Å²) in [6, 6.07) is 8.24. The molecule has 2 aromatic carbocycles. The zero-order valence-electron chi connectivity index (χ0n) is 17.2. The Labute approximate surface area is 181 Å². The molecule has 30 heavy (non-hydrogen) atoms. The maximum Gasteiger partial charge on any atom is 0.307 e. The molecule has 0 saturated carbocycles. The third-order valence-corrected chi connectivity index (χ3v) is 4.81. The van der Waals surface area contributed by atoms with Gasteiger partial charge < -0.3 is 19.7 Å². The number of carbonyl (C=O) groups excluding carboxylic acids is 1. The summed E-state index contributed by atoms with van der Waals surface area (Å²) < 4.78 is 11.5. The van der Waals surface area contributed by atoms with Crippen LogP contribution in [0.1, 0.15) is 54.6 Å². The maximum atomic E-state index is 12.0. The van der Waals surface area contributed by atoms with Gasteiger partial charge in [0.15, 0.2) is 5.78 Å². The molecular weight excluding hydrogens is 408 g/mol. The van der Waals surface area contributed by atoms with Crippen LogP contribution in [-0.2, 0) is 17.6 Å². The van der Waals surface area contributed by atoms with Crippen LogP contribution in [0.4, 0.5) is 0 Å². The van der Waals surface area contributed by atoms with Crippen molar-refractivity contribution in [1.29, 1.82) is 0 Å². The molecule has 2 aromatic rings. The van der Waals surface area contributed by atoms with E-state index in [9.17, 15) is 14.7 Å². The largest absolute Gasteiger partial charge is 0.507 e. The van der Waals surface area contributed by atoms with E-state index in [-0.39, 0.29) is 18.0 Å². The number of benzene rings is 2. The first-order valence-corrected chi connectivity index (χ1v) is 10.4. The van der Waals surface area contributed by atoms with Gasteiger partial charge >= 0.3 is 5.97 Å². The Hall–Kier alpha value is -2.73. The van der Waals surface area contributed by atoms with E-state index in [4.69, 9.17) is 26.2 Å². The minimum absolute atomic E-state index is 0.00526. The molecule has 7 heteroatoms. The Kier molecular flexibility index (Phi) is 8.99. The number of ether oxygens (including phenoxy) is 2. The summed E-state index contributed by atoms with van der Waals surface area (Å²) in [4.78, 5) is 22.7. The summed E-state index contributed by atoms with van der Waals surface area (Å²) in [6.45, 7) is 4.49. The third kappa shape index (κ3) is 6.39. The van der Waals surface area contributed by atoms with E-state index in [2.05, 4.69) is 0 Å². The van der Waals surface area contributed by atoms with Crippen LogP contribution < -0.4 is 9.47 Å². The second-order valence-corrected chi connectivity index (χ2v) is 7.26. The third-order valence-electron chi connectivity index (χ3n) is 4.52. The van der Waals surface area contributed by atoms with Crippen molar-refractivity contribution in [3.05, 3.63) is 52.0 Å². The average Bonchev–Trinajstić information content (AvgIpc) is 2.70. The predicted octanol–water partition coefficient (Wildman–Crippen LogP) is 5.07. The fourth-order valence-electron chi connectivity index (χ4n) is 3.03. The summed E-state index contributed by atoms with van der Waals surface area (Å²) in [5.74, 6) is 0.0369. The highest BCUT2D eigenvalue weighted by Crippen LogP contribution is 2.33. The number of hydrogen-bond donors (Lipinski definition) is 2. The molecule has 0 spiro atoms. The van der Waals surface area contributed by atoms with Gasteiger partial charge in [-0.1, -0.05) is 37.9 Å². The van der Waals surface area contributed by atoms with Gasteiger partial charge in [0.25, 0.3) is 0 Å². The van der Waals surface area contributed by atoms with E-state index in [1.165, 1.54) is 0 Å². The molecule has 0 saturated heterocycles. The summed E-state index contributed by atoms with van der Waals surface area (Å²) in [5.41, 5.74) is 1.59. The highest BCUT2D eigenvalue weighted by Gasteiger charge is 2.17. The highest BCUT2D eigenvalue weighted by molar-refractivity contribution is 6.32. The monoisotopic (exact) mass is 434 g/mol. The van der Waals surface area contributed by atoms with Crippen LogP contribution in [-0.4, -0.2) is 35.2 Å². The quantitative estimate of drug-likeness (QED) is 0.358. The van der Waals surface area contributed by atoms with Gasteiger partial charge in [-0.05, 0) is 36.2 Å². The number of carboxylic acids is 1. The second-order valence-electron chi connectivity index (χ2n) is 6.85. The number of carboxylic acid groups (broad SMARTS) is 1. The van der Waals surface area contributed by atoms with Crippen LogP contribution >= 0.6 is 11.6 Å². The number of phenolic OH excluding ortho intramolecular Hbond substituents is 1. The van der Waals surface area contributed by atoms with Gasteiger partial charge in [0.05, 0.1) is 30.2 Å². The Morgan fingerprint density at radius 1 is 1.03 bits per heavy atom.